The lowest BCUT2D eigenvalue weighted by Crippen LogP contribution is -2.26. The second-order valence-electron chi connectivity index (χ2n) is 3.60. The Morgan fingerprint density at radius 2 is 1.94 bits per heavy atom. The first-order valence-electron chi connectivity index (χ1n) is 4.96. The third kappa shape index (κ3) is 2.02. The highest BCUT2D eigenvalue weighted by Gasteiger charge is 2.25. The smallest absolute Gasteiger partial charge is 0.269 e. The molecule has 1 heterocycles. The summed E-state index contributed by atoms with van der Waals surface area (Å²) in [7, 11) is -2.44. The molecule has 0 unspecified atom stereocenters. The highest BCUT2D eigenvalue weighted by atomic mass is 32.2. The number of nitrogens with zero attached hydrogens (tertiary/aromatic N) is 2. The Morgan fingerprint density at radius 3 is 2.44 bits per heavy atom. The van der Waals surface area contributed by atoms with E-state index in [1.54, 1.807) is 0 Å². The molecule has 0 bridgehead atoms. The molecule has 3 N–H and O–H groups in total. The Hall–Kier alpha value is -2.09. The number of nitrogens with two attached hydrogens (primary N) is 1. The van der Waals surface area contributed by atoms with Crippen molar-refractivity contribution in [2.75, 3.05) is 17.1 Å². The summed E-state index contributed by atoms with van der Waals surface area (Å²) in [6, 6.07) is 5.09. The molecule has 0 atom stereocenters. The normalized spacial score (nSPS) is 11.4. The van der Waals surface area contributed by atoms with Crippen LogP contribution in [0, 0.1) is 5.82 Å². The Bertz CT molecular complexity index is 651. The number of aromatic amines is 1. The average Bonchev–Trinajstić information content (AvgIpc) is 2.76. The molecule has 6 nitrogen and oxygen atoms in total. The Labute approximate surface area is 103 Å². The summed E-state index contributed by atoms with van der Waals surface area (Å²) < 4.78 is 38.2. The predicted octanol–water partition coefficient (Wildman–Crippen LogP) is 0.956. The van der Waals surface area contributed by atoms with Crippen molar-refractivity contribution in [1.82, 2.24) is 10.2 Å². The van der Waals surface area contributed by atoms with Gasteiger partial charge in [-0.25, -0.2) is 12.8 Å². The van der Waals surface area contributed by atoms with Crippen LogP contribution in [0.2, 0.25) is 0 Å². The topological polar surface area (TPSA) is 92.1 Å². The zero-order chi connectivity index (χ0) is 13.3. The predicted molar refractivity (Wildman–Crippen MR) is 65.0 cm³/mol. The van der Waals surface area contributed by atoms with Gasteiger partial charge in [0.2, 0.25) is 0 Å². The molecule has 1 aromatic heterocycles. The van der Waals surface area contributed by atoms with Gasteiger partial charge in [-0.05, 0) is 24.3 Å². The van der Waals surface area contributed by atoms with E-state index < -0.39 is 15.8 Å². The van der Waals surface area contributed by atoms with Crippen LogP contribution in [0.25, 0.3) is 0 Å². The summed E-state index contributed by atoms with van der Waals surface area (Å²) in [5.74, 6) is -0.476. The number of H-pyrrole nitrogens is 1. The average molecular weight is 270 g/mol. The van der Waals surface area contributed by atoms with Gasteiger partial charge in [-0.2, -0.15) is 5.10 Å². The van der Waals surface area contributed by atoms with Gasteiger partial charge in [0.05, 0.1) is 11.9 Å². The van der Waals surface area contributed by atoms with Gasteiger partial charge in [0.1, 0.15) is 16.5 Å². The van der Waals surface area contributed by atoms with Gasteiger partial charge >= 0.3 is 0 Å². The summed E-state index contributed by atoms with van der Waals surface area (Å²) in [5, 5.41) is 5.91. The zero-order valence-electron chi connectivity index (χ0n) is 9.46. The first-order valence-corrected chi connectivity index (χ1v) is 6.40. The van der Waals surface area contributed by atoms with Crippen LogP contribution in [0.4, 0.5) is 15.9 Å². The number of hydrogen-bond acceptors (Lipinski definition) is 4. The summed E-state index contributed by atoms with van der Waals surface area (Å²) in [6.45, 7) is 0. The van der Waals surface area contributed by atoms with Gasteiger partial charge in [-0.1, -0.05) is 0 Å². The maximum absolute atomic E-state index is 12.8. The molecule has 0 radical (unpaired) electrons. The minimum atomic E-state index is -3.80. The number of halogens is 1. The van der Waals surface area contributed by atoms with Crippen molar-refractivity contribution < 1.29 is 12.8 Å². The lowest BCUT2D eigenvalue weighted by atomic mass is 10.3. The van der Waals surface area contributed by atoms with Crippen molar-refractivity contribution in [3.05, 3.63) is 36.3 Å². The molecule has 96 valence electrons. The number of rotatable bonds is 3. The highest BCUT2D eigenvalue weighted by Crippen LogP contribution is 2.24. The van der Waals surface area contributed by atoms with Crippen molar-refractivity contribution in [3.63, 3.8) is 0 Å². The third-order valence-corrected chi connectivity index (χ3v) is 4.27. The van der Waals surface area contributed by atoms with Crippen molar-refractivity contribution in [1.29, 1.82) is 0 Å². The minimum Gasteiger partial charge on any atom is -0.383 e. The molecule has 1 aromatic carbocycles. The number of nitrogens with one attached hydrogen (secondary N) is 1. The molecule has 0 fully saturated rings. The fourth-order valence-corrected chi connectivity index (χ4v) is 2.63. The Morgan fingerprint density at radius 1 is 1.33 bits per heavy atom. The van der Waals surface area contributed by atoms with Crippen LogP contribution in [0.5, 0.6) is 0 Å². The highest BCUT2D eigenvalue weighted by molar-refractivity contribution is 7.93. The van der Waals surface area contributed by atoms with Crippen molar-refractivity contribution in [3.8, 4) is 0 Å². The van der Waals surface area contributed by atoms with Crippen molar-refractivity contribution in [2.24, 2.45) is 0 Å². The Kier molecular flexibility index (Phi) is 2.95. The van der Waals surface area contributed by atoms with Gasteiger partial charge in [-0.3, -0.25) is 9.40 Å². The minimum absolute atomic E-state index is 0.0380. The first-order chi connectivity index (χ1) is 8.43. The second-order valence-corrected chi connectivity index (χ2v) is 5.53. The van der Waals surface area contributed by atoms with Crippen LogP contribution < -0.4 is 10.0 Å². The van der Waals surface area contributed by atoms with E-state index in [1.165, 1.54) is 31.3 Å². The fraction of sp³-hybridized carbons (Fsp3) is 0.100. The molecular formula is C10H11FN4O2S. The molecule has 0 aliphatic heterocycles. The summed E-state index contributed by atoms with van der Waals surface area (Å²) in [4.78, 5) is -0.116. The van der Waals surface area contributed by atoms with E-state index in [-0.39, 0.29) is 10.7 Å². The van der Waals surface area contributed by atoms with Crippen LogP contribution in [-0.4, -0.2) is 25.7 Å². The molecule has 0 saturated carbocycles. The summed E-state index contributed by atoms with van der Waals surface area (Å²) >= 11 is 0. The van der Waals surface area contributed by atoms with Gasteiger partial charge in [0, 0.05) is 7.05 Å². The summed E-state index contributed by atoms with van der Waals surface area (Å²) in [6.07, 6.45) is 1.13. The lowest BCUT2D eigenvalue weighted by molar-refractivity contribution is 0.594. The number of anilines is 2. The van der Waals surface area contributed by atoms with Crippen LogP contribution in [0.15, 0.2) is 35.4 Å². The second kappa shape index (κ2) is 4.30. The molecule has 0 amide bonds. The van der Waals surface area contributed by atoms with E-state index in [1.807, 2.05) is 0 Å². The van der Waals surface area contributed by atoms with Crippen molar-refractivity contribution in [2.45, 2.75) is 4.90 Å². The Balaban J connectivity index is 2.42. The number of aromatic nitrogens is 2. The maximum atomic E-state index is 12.8. The van der Waals surface area contributed by atoms with Crippen LogP contribution >= 0.6 is 0 Å². The largest absolute Gasteiger partial charge is 0.383 e. The fourth-order valence-electron chi connectivity index (χ4n) is 1.43. The zero-order valence-corrected chi connectivity index (χ0v) is 10.3. The van der Waals surface area contributed by atoms with E-state index in [4.69, 9.17) is 5.73 Å². The molecular weight excluding hydrogens is 259 g/mol. The van der Waals surface area contributed by atoms with E-state index in [9.17, 15) is 12.8 Å². The van der Waals surface area contributed by atoms with E-state index in [0.717, 1.165) is 10.5 Å². The number of nitrogen functional groups attached to an aromatic ring is 1. The van der Waals surface area contributed by atoms with Crippen LogP contribution in [-0.2, 0) is 10.0 Å². The summed E-state index contributed by atoms with van der Waals surface area (Å²) in [5.41, 5.74) is 5.81. The van der Waals surface area contributed by atoms with E-state index in [2.05, 4.69) is 10.2 Å². The number of benzene rings is 1. The van der Waals surface area contributed by atoms with Crippen LogP contribution in [0.3, 0.4) is 0 Å². The first kappa shape index (κ1) is 12.4. The number of hydrogen-bond donors (Lipinski definition) is 2. The molecule has 2 rings (SSSR count). The molecule has 0 saturated heterocycles. The van der Waals surface area contributed by atoms with Gasteiger partial charge in [-0.15, -0.1) is 0 Å². The van der Waals surface area contributed by atoms with Gasteiger partial charge in [0.15, 0.2) is 0 Å². The van der Waals surface area contributed by atoms with Crippen molar-refractivity contribution >= 4 is 21.5 Å². The van der Waals surface area contributed by atoms with Gasteiger partial charge in [0.25, 0.3) is 10.0 Å². The van der Waals surface area contributed by atoms with E-state index in [0.29, 0.717) is 5.69 Å². The standard InChI is InChI=1S/C10H11FN4O2S/c1-15(8-4-2-7(11)3-5-8)18(16,17)9-6-13-14-10(9)12/h2-6H,1H3,(H3,12,13,14). The quantitative estimate of drug-likeness (QED) is 0.868. The van der Waals surface area contributed by atoms with Crippen LogP contribution in [0.1, 0.15) is 0 Å². The molecule has 8 heteroatoms. The molecule has 0 spiro atoms. The SMILES string of the molecule is CN(c1ccc(F)cc1)S(=O)(=O)c1cn[nH]c1N. The maximum Gasteiger partial charge on any atom is 0.269 e. The van der Waals surface area contributed by atoms with E-state index >= 15 is 0 Å². The molecule has 0 aliphatic rings. The van der Waals surface area contributed by atoms with Gasteiger partial charge < -0.3 is 5.73 Å². The lowest BCUT2D eigenvalue weighted by Gasteiger charge is -2.18. The monoisotopic (exact) mass is 270 g/mol. The molecule has 0 aliphatic carbocycles. The number of sulfonamides is 1. The third-order valence-electron chi connectivity index (χ3n) is 2.46. The molecule has 18 heavy (non-hydrogen) atoms. The molecule has 2 aromatic rings.